The first-order valence-electron chi connectivity index (χ1n) is 7.14. The van der Waals surface area contributed by atoms with Crippen LogP contribution in [0.4, 0.5) is 0 Å². The van der Waals surface area contributed by atoms with Crippen molar-refractivity contribution in [3.8, 4) is 0 Å². The Morgan fingerprint density at radius 3 is 2.94 bits per heavy atom. The number of ether oxygens (including phenoxy) is 1. The maximum absolute atomic E-state index is 12.1. The second-order valence-corrected chi connectivity index (χ2v) is 5.52. The first kappa shape index (κ1) is 15.4. The van der Waals surface area contributed by atoms with E-state index < -0.39 is 0 Å². The molecule has 4 nitrogen and oxygen atoms in total. The molecule has 4 heteroatoms. The topological polar surface area (TPSA) is 55.6 Å². The minimum atomic E-state index is 0.305. The van der Waals surface area contributed by atoms with Gasteiger partial charge in [0.25, 0.3) is 0 Å². The molecule has 0 spiro atoms. The quantitative estimate of drug-likeness (QED) is 0.753. The van der Waals surface area contributed by atoms with Crippen molar-refractivity contribution in [3.05, 3.63) is 0 Å². The van der Waals surface area contributed by atoms with Crippen LogP contribution in [0.3, 0.4) is 0 Å². The summed E-state index contributed by atoms with van der Waals surface area (Å²) < 4.78 is 5.19. The van der Waals surface area contributed by atoms with Gasteiger partial charge in [0.2, 0.25) is 5.91 Å². The van der Waals surface area contributed by atoms with Crippen LogP contribution in [0.5, 0.6) is 0 Å². The fourth-order valence-electron chi connectivity index (χ4n) is 2.62. The number of nitrogens with zero attached hydrogens (tertiary/aromatic N) is 1. The minimum Gasteiger partial charge on any atom is -0.384 e. The lowest BCUT2D eigenvalue weighted by molar-refractivity contribution is -0.133. The predicted octanol–water partition coefficient (Wildman–Crippen LogP) is 1.64. The second-order valence-electron chi connectivity index (χ2n) is 5.52. The molecule has 0 aliphatic carbocycles. The molecule has 1 fully saturated rings. The SMILES string of the molecule is COCC1CCCN(C(=O)CCC(C)CCN)C1. The van der Waals surface area contributed by atoms with Crippen LogP contribution in [-0.2, 0) is 9.53 Å². The Morgan fingerprint density at radius 2 is 2.28 bits per heavy atom. The first-order valence-corrected chi connectivity index (χ1v) is 7.14. The molecule has 106 valence electrons. The highest BCUT2D eigenvalue weighted by molar-refractivity contribution is 5.76. The van der Waals surface area contributed by atoms with Crippen molar-refractivity contribution in [1.82, 2.24) is 4.90 Å². The maximum atomic E-state index is 12.1. The molecule has 1 saturated heterocycles. The normalized spacial score (nSPS) is 21.9. The summed E-state index contributed by atoms with van der Waals surface area (Å²) in [4.78, 5) is 14.1. The molecule has 18 heavy (non-hydrogen) atoms. The van der Waals surface area contributed by atoms with Gasteiger partial charge in [-0.25, -0.2) is 0 Å². The fourth-order valence-corrected chi connectivity index (χ4v) is 2.62. The van der Waals surface area contributed by atoms with Crippen molar-refractivity contribution in [2.24, 2.45) is 17.6 Å². The van der Waals surface area contributed by atoms with E-state index in [0.717, 1.165) is 45.5 Å². The maximum Gasteiger partial charge on any atom is 0.222 e. The first-order chi connectivity index (χ1) is 8.67. The van der Waals surface area contributed by atoms with Gasteiger partial charge in [-0.3, -0.25) is 4.79 Å². The molecule has 1 heterocycles. The number of nitrogens with two attached hydrogens (primary N) is 1. The molecule has 2 N–H and O–H groups in total. The van der Waals surface area contributed by atoms with Crippen LogP contribution in [0.25, 0.3) is 0 Å². The van der Waals surface area contributed by atoms with Gasteiger partial charge in [-0.2, -0.15) is 0 Å². The third-order valence-electron chi connectivity index (χ3n) is 3.78. The van der Waals surface area contributed by atoms with Crippen LogP contribution in [0.1, 0.15) is 39.0 Å². The summed E-state index contributed by atoms with van der Waals surface area (Å²) in [5, 5.41) is 0. The molecule has 1 aliphatic rings. The van der Waals surface area contributed by atoms with Gasteiger partial charge in [-0.05, 0) is 44.1 Å². The Labute approximate surface area is 111 Å². The average Bonchev–Trinajstić information content (AvgIpc) is 2.37. The summed E-state index contributed by atoms with van der Waals surface area (Å²) in [6.45, 7) is 5.45. The van der Waals surface area contributed by atoms with Gasteiger partial charge in [0, 0.05) is 26.6 Å². The molecule has 0 saturated carbocycles. The van der Waals surface area contributed by atoms with Crippen molar-refractivity contribution in [1.29, 1.82) is 0 Å². The minimum absolute atomic E-state index is 0.305. The molecule has 1 amide bonds. The van der Waals surface area contributed by atoms with Crippen molar-refractivity contribution < 1.29 is 9.53 Å². The highest BCUT2D eigenvalue weighted by Crippen LogP contribution is 2.19. The zero-order valence-corrected chi connectivity index (χ0v) is 11.9. The van der Waals surface area contributed by atoms with E-state index in [4.69, 9.17) is 10.5 Å². The van der Waals surface area contributed by atoms with E-state index in [1.807, 2.05) is 4.90 Å². The third kappa shape index (κ3) is 5.36. The Kier molecular flexibility index (Phi) is 7.28. The highest BCUT2D eigenvalue weighted by Gasteiger charge is 2.23. The summed E-state index contributed by atoms with van der Waals surface area (Å²) in [5.41, 5.74) is 5.52. The molecule has 1 rings (SSSR count). The van der Waals surface area contributed by atoms with Crippen LogP contribution in [0.15, 0.2) is 0 Å². The summed E-state index contributed by atoms with van der Waals surface area (Å²) in [6.07, 6.45) is 4.93. The predicted molar refractivity (Wildman–Crippen MR) is 73.2 cm³/mol. The van der Waals surface area contributed by atoms with Crippen LogP contribution in [0, 0.1) is 11.8 Å². The van der Waals surface area contributed by atoms with E-state index >= 15 is 0 Å². The Hall–Kier alpha value is -0.610. The van der Waals surface area contributed by atoms with E-state index in [2.05, 4.69) is 6.92 Å². The van der Waals surface area contributed by atoms with Gasteiger partial charge in [-0.1, -0.05) is 6.92 Å². The van der Waals surface area contributed by atoms with Crippen molar-refractivity contribution in [2.75, 3.05) is 33.4 Å². The molecule has 0 radical (unpaired) electrons. The summed E-state index contributed by atoms with van der Waals surface area (Å²) >= 11 is 0. The summed E-state index contributed by atoms with van der Waals surface area (Å²) in [5.74, 6) is 1.38. The Bertz CT molecular complexity index is 244. The molecule has 2 atom stereocenters. The average molecular weight is 256 g/mol. The molecule has 0 aromatic rings. The van der Waals surface area contributed by atoms with E-state index in [9.17, 15) is 4.79 Å². The number of likely N-dealkylation sites (tertiary alicyclic amines) is 1. The van der Waals surface area contributed by atoms with Crippen LogP contribution < -0.4 is 5.73 Å². The van der Waals surface area contributed by atoms with Gasteiger partial charge in [-0.15, -0.1) is 0 Å². The number of hydrogen-bond acceptors (Lipinski definition) is 3. The molecule has 1 aliphatic heterocycles. The van der Waals surface area contributed by atoms with Gasteiger partial charge in [0.05, 0.1) is 6.61 Å². The van der Waals surface area contributed by atoms with Crippen LogP contribution >= 0.6 is 0 Å². The van der Waals surface area contributed by atoms with Crippen molar-refractivity contribution >= 4 is 5.91 Å². The second kappa shape index (κ2) is 8.48. The van der Waals surface area contributed by atoms with Crippen LogP contribution in [0.2, 0.25) is 0 Å². The highest BCUT2D eigenvalue weighted by atomic mass is 16.5. The smallest absolute Gasteiger partial charge is 0.222 e. The number of methoxy groups -OCH3 is 1. The molecule has 0 aromatic carbocycles. The monoisotopic (exact) mass is 256 g/mol. The fraction of sp³-hybridized carbons (Fsp3) is 0.929. The number of rotatable bonds is 7. The van der Waals surface area contributed by atoms with Gasteiger partial charge < -0.3 is 15.4 Å². The van der Waals surface area contributed by atoms with Gasteiger partial charge >= 0.3 is 0 Å². The third-order valence-corrected chi connectivity index (χ3v) is 3.78. The Morgan fingerprint density at radius 1 is 1.50 bits per heavy atom. The lowest BCUT2D eigenvalue weighted by Gasteiger charge is -2.32. The molecule has 2 unspecified atom stereocenters. The van der Waals surface area contributed by atoms with E-state index in [1.165, 1.54) is 6.42 Å². The van der Waals surface area contributed by atoms with Crippen LogP contribution in [-0.4, -0.2) is 44.2 Å². The van der Waals surface area contributed by atoms with E-state index in [-0.39, 0.29) is 0 Å². The largest absolute Gasteiger partial charge is 0.384 e. The zero-order valence-electron chi connectivity index (χ0n) is 11.9. The lowest BCUT2D eigenvalue weighted by atomic mass is 9.97. The zero-order chi connectivity index (χ0) is 13.4. The molecular formula is C14H28N2O2. The Balaban J connectivity index is 2.28. The number of carbonyl (C=O) groups excluding carboxylic acids is 1. The van der Waals surface area contributed by atoms with Crippen molar-refractivity contribution in [2.45, 2.75) is 39.0 Å². The molecule has 0 bridgehead atoms. The number of piperidine rings is 1. The molecule has 0 aromatic heterocycles. The summed E-state index contributed by atoms with van der Waals surface area (Å²) in [6, 6.07) is 0. The van der Waals surface area contributed by atoms with E-state index in [0.29, 0.717) is 24.2 Å². The van der Waals surface area contributed by atoms with Crippen molar-refractivity contribution in [3.63, 3.8) is 0 Å². The van der Waals surface area contributed by atoms with Gasteiger partial charge in [0.15, 0.2) is 0 Å². The number of carbonyl (C=O) groups is 1. The summed E-state index contributed by atoms with van der Waals surface area (Å²) in [7, 11) is 1.73. The number of amides is 1. The molecular weight excluding hydrogens is 228 g/mol. The van der Waals surface area contributed by atoms with E-state index in [1.54, 1.807) is 7.11 Å². The standard InChI is InChI=1S/C14H28N2O2/c1-12(7-8-15)5-6-14(17)16-9-3-4-13(10-16)11-18-2/h12-13H,3-11,15H2,1-2H3. The van der Waals surface area contributed by atoms with Gasteiger partial charge in [0.1, 0.15) is 0 Å². The number of hydrogen-bond donors (Lipinski definition) is 1. The lowest BCUT2D eigenvalue weighted by Crippen LogP contribution is -2.41.